The molecule has 2 saturated heterocycles. The molecular weight excluding hydrogens is 268 g/mol. The van der Waals surface area contributed by atoms with Crippen LogP contribution in [0, 0.1) is 5.92 Å². The minimum Gasteiger partial charge on any atom is -0.481 e. The highest BCUT2D eigenvalue weighted by Crippen LogP contribution is 2.33. The van der Waals surface area contributed by atoms with E-state index in [1.807, 2.05) is 0 Å². The van der Waals surface area contributed by atoms with E-state index in [0.717, 1.165) is 19.3 Å². The van der Waals surface area contributed by atoms with Gasteiger partial charge in [0.05, 0.1) is 13.0 Å². The molecule has 0 aromatic carbocycles. The van der Waals surface area contributed by atoms with Gasteiger partial charge in [-0.2, -0.15) is 4.98 Å². The van der Waals surface area contributed by atoms with Gasteiger partial charge in [0.15, 0.2) is 0 Å². The Morgan fingerprint density at radius 2 is 2.37 bits per heavy atom. The molecule has 19 heavy (non-hydrogen) atoms. The highest BCUT2D eigenvalue weighted by molar-refractivity contribution is 6.29. The van der Waals surface area contributed by atoms with Gasteiger partial charge in [0, 0.05) is 18.2 Å². The first-order valence-electron chi connectivity index (χ1n) is 6.31. The first-order valence-corrected chi connectivity index (χ1v) is 6.69. The van der Waals surface area contributed by atoms with Gasteiger partial charge in [-0.15, -0.1) is 0 Å². The van der Waals surface area contributed by atoms with Crippen molar-refractivity contribution in [1.82, 2.24) is 15.3 Å². The number of ether oxygens (including phenoxy) is 1. The number of aromatic nitrogens is 2. The van der Waals surface area contributed by atoms with Crippen molar-refractivity contribution in [2.75, 3.05) is 12.4 Å². The van der Waals surface area contributed by atoms with Crippen LogP contribution in [0.3, 0.4) is 0 Å². The Morgan fingerprint density at radius 3 is 3.00 bits per heavy atom. The molecule has 2 aliphatic rings. The van der Waals surface area contributed by atoms with Gasteiger partial charge in [0.1, 0.15) is 5.15 Å². The number of hydrogen-bond donors (Lipinski definition) is 2. The Morgan fingerprint density at radius 1 is 1.53 bits per heavy atom. The van der Waals surface area contributed by atoms with Crippen molar-refractivity contribution >= 4 is 23.5 Å². The number of rotatable bonds is 3. The number of methoxy groups -OCH3 is 1. The normalized spacial score (nSPS) is 28.4. The summed E-state index contributed by atoms with van der Waals surface area (Å²) in [5, 5.41) is 6.39. The standard InChI is InChI=1S/C12H15ClN4O2/c1-19-10-5-9(13)15-12(16-10)17-11(18)7-4-6-2-3-8(7)14-6/h5-8,14H,2-4H2,1H3,(H,15,16,17,18). The molecule has 2 bridgehead atoms. The van der Waals surface area contributed by atoms with Gasteiger partial charge in [-0.05, 0) is 19.3 Å². The molecule has 0 aliphatic carbocycles. The second-order valence-corrected chi connectivity index (χ2v) is 5.32. The monoisotopic (exact) mass is 282 g/mol. The third-order valence-corrected chi connectivity index (χ3v) is 3.95. The van der Waals surface area contributed by atoms with E-state index in [-0.39, 0.29) is 29.0 Å². The number of fused-ring (bicyclic) bond motifs is 2. The number of anilines is 1. The molecule has 0 spiro atoms. The first-order chi connectivity index (χ1) is 9.15. The van der Waals surface area contributed by atoms with E-state index in [9.17, 15) is 4.79 Å². The highest BCUT2D eigenvalue weighted by atomic mass is 35.5. The summed E-state index contributed by atoms with van der Waals surface area (Å²) in [6.07, 6.45) is 3.10. The first kappa shape index (κ1) is 12.6. The Hall–Kier alpha value is -1.40. The molecular formula is C12H15ClN4O2. The number of carbonyl (C=O) groups excluding carboxylic acids is 1. The van der Waals surface area contributed by atoms with Crippen molar-refractivity contribution in [2.45, 2.75) is 31.3 Å². The average Bonchev–Trinajstić information content (AvgIpc) is 3.00. The van der Waals surface area contributed by atoms with Crippen LogP contribution in [-0.4, -0.2) is 35.1 Å². The number of halogens is 1. The summed E-state index contributed by atoms with van der Waals surface area (Å²) in [5.74, 6) is 0.467. The molecule has 3 heterocycles. The van der Waals surface area contributed by atoms with Crippen molar-refractivity contribution in [3.8, 4) is 5.88 Å². The lowest BCUT2D eigenvalue weighted by Gasteiger charge is -2.18. The fourth-order valence-corrected chi connectivity index (χ4v) is 3.05. The molecule has 6 nitrogen and oxygen atoms in total. The third kappa shape index (κ3) is 2.50. The van der Waals surface area contributed by atoms with Crippen molar-refractivity contribution in [1.29, 1.82) is 0 Å². The van der Waals surface area contributed by atoms with Gasteiger partial charge in [0.25, 0.3) is 0 Å². The summed E-state index contributed by atoms with van der Waals surface area (Å²) in [6.45, 7) is 0. The molecule has 102 valence electrons. The second kappa shape index (κ2) is 4.94. The van der Waals surface area contributed by atoms with Gasteiger partial charge in [-0.1, -0.05) is 11.6 Å². The van der Waals surface area contributed by atoms with E-state index in [1.54, 1.807) is 0 Å². The van der Waals surface area contributed by atoms with Gasteiger partial charge in [0.2, 0.25) is 17.7 Å². The predicted octanol–water partition coefficient (Wildman–Crippen LogP) is 1.22. The van der Waals surface area contributed by atoms with Gasteiger partial charge in [-0.3, -0.25) is 10.1 Å². The lowest BCUT2D eigenvalue weighted by atomic mass is 9.88. The number of hydrogen-bond acceptors (Lipinski definition) is 5. The average molecular weight is 283 g/mol. The fraction of sp³-hybridized carbons (Fsp3) is 0.583. The number of nitrogens with zero attached hydrogens (tertiary/aromatic N) is 2. The second-order valence-electron chi connectivity index (χ2n) is 4.94. The summed E-state index contributed by atoms with van der Waals surface area (Å²) < 4.78 is 4.99. The molecule has 2 aliphatic heterocycles. The zero-order valence-corrected chi connectivity index (χ0v) is 11.3. The number of carbonyl (C=O) groups is 1. The molecule has 3 rings (SSSR count). The van der Waals surface area contributed by atoms with E-state index in [0.29, 0.717) is 11.9 Å². The molecule has 1 aromatic heterocycles. The Kier molecular flexibility index (Phi) is 3.28. The molecule has 1 aromatic rings. The van der Waals surface area contributed by atoms with Crippen molar-refractivity contribution in [3.05, 3.63) is 11.2 Å². The van der Waals surface area contributed by atoms with E-state index in [4.69, 9.17) is 16.3 Å². The summed E-state index contributed by atoms with van der Waals surface area (Å²) >= 11 is 5.84. The van der Waals surface area contributed by atoms with E-state index in [2.05, 4.69) is 20.6 Å². The topological polar surface area (TPSA) is 76.1 Å². The third-order valence-electron chi connectivity index (χ3n) is 3.75. The molecule has 2 fully saturated rings. The summed E-state index contributed by atoms with van der Waals surface area (Å²) in [6, 6.07) is 2.26. The maximum atomic E-state index is 12.2. The van der Waals surface area contributed by atoms with Crippen LogP contribution in [0.15, 0.2) is 6.07 Å². The Labute approximate surface area is 115 Å². The smallest absolute Gasteiger partial charge is 0.234 e. The lowest BCUT2D eigenvalue weighted by Crippen LogP contribution is -2.33. The zero-order valence-electron chi connectivity index (χ0n) is 10.5. The molecule has 1 amide bonds. The van der Waals surface area contributed by atoms with Crippen molar-refractivity contribution < 1.29 is 9.53 Å². The molecule has 0 radical (unpaired) electrons. The van der Waals surface area contributed by atoms with Crippen LogP contribution in [0.1, 0.15) is 19.3 Å². The van der Waals surface area contributed by atoms with Crippen molar-refractivity contribution in [2.24, 2.45) is 5.92 Å². The van der Waals surface area contributed by atoms with E-state index in [1.165, 1.54) is 13.2 Å². The maximum Gasteiger partial charge on any atom is 0.234 e. The molecule has 3 atom stereocenters. The number of amides is 1. The zero-order chi connectivity index (χ0) is 13.4. The minimum absolute atomic E-state index is 0.00711. The van der Waals surface area contributed by atoms with Crippen LogP contribution in [0.25, 0.3) is 0 Å². The lowest BCUT2D eigenvalue weighted by molar-refractivity contribution is -0.120. The Bertz CT molecular complexity index is 511. The van der Waals surface area contributed by atoms with Crippen LogP contribution in [0.5, 0.6) is 5.88 Å². The Balaban J connectivity index is 1.71. The molecule has 2 N–H and O–H groups in total. The van der Waals surface area contributed by atoms with Crippen LogP contribution in [0.2, 0.25) is 5.15 Å². The van der Waals surface area contributed by atoms with E-state index < -0.39 is 0 Å². The van der Waals surface area contributed by atoms with Gasteiger partial charge >= 0.3 is 0 Å². The van der Waals surface area contributed by atoms with Crippen LogP contribution in [0.4, 0.5) is 5.95 Å². The minimum atomic E-state index is -0.0518. The van der Waals surface area contributed by atoms with Crippen LogP contribution in [-0.2, 0) is 4.79 Å². The van der Waals surface area contributed by atoms with E-state index >= 15 is 0 Å². The molecule has 3 unspecified atom stereocenters. The summed E-state index contributed by atoms with van der Waals surface area (Å²) in [4.78, 5) is 20.2. The van der Waals surface area contributed by atoms with Crippen LogP contribution >= 0.6 is 11.6 Å². The summed E-state index contributed by atoms with van der Waals surface area (Å²) in [5.41, 5.74) is 0. The fourth-order valence-electron chi connectivity index (χ4n) is 2.87. The largest absolute Gasteiger partial charge is 0.481 e. The predicted molar refractivity (Wildman–Crippen MR) is 70.3 cm³/mol. The SMILES string of the molecule is COc1cc(Cl)nc(NC(=O)C2CC3CCC2N3)n1. The summed E-state index contributed by atoms with van der Waals surface area (Å²) in [7, 11) is 1.49. The highest BCUT2D eigenvalue weighted by Gasteiger charge is 2.42. The van der Waals surface area contributed by atoms with Crippen molar-refractivity contribution in [3.63, 3.8) is 0 Å². The van der Waals surface area contributed by atoms with Gasteiger partial charge in [-0.25, -0.2) is 4.98 Å². The van der Waals surface area contributed by atoms with Crippen LogP contribution < -0.4 is 15.4 Å². The maximum absolute atomic E-state index is 12.2. The quantitative estimate of drug-likeness (QED) is 0.815. The number of nitrogens with one attached hydrogen (secondary N) is 2. The molecule has 7 heteroatoms. The molecule has 0 saturated carbocycles. The van der Waals surface area contributed by atoms with Gasteiger partial charge < -0.3 is 10.1 Å².